The van der Waals surface area contributed by atoms with E-state index >= 15 is 0 Å². The summed E-state index contributed by atoms with van der Waals surface area (Å²) < 4.78 is 38.2. The Morgan fingerprint density at radius 2 is 0.964 bits per heavy atom. The summed E-state index contributed by atoms with van der Waals surface area (Å²) in [6, 6.07) is 47.6. The molecule has 5 atom stereocenters. The number of aliphatic hydroxyl groups excluding tert-OH is 1. The third kappa shape index (κ3) is 14.5. The zero-order valence-corrected chi connectivity index (χ0v) is 31.7. The SMILES string of the molecule is CC(=O)OC[C@H](OCc1ccccc1)[C@@H](NCc1ccccc1)[C@@H](OC(=O)CO)[C@H](OCc1ccccc1)[C@@H](COCc1ccccc1)OCc1ccccc1. The molecule has 56 heavy (non-hydrogen) atoms. The second-order valence-corrected chi connectivity index (χ2v) is 13.2. The first kappa shape index (κ1) is 42.0. The van der Waals surface area contributed by atoms with E-state index in [1.807, 2.05) is 152 Å². The molecule has 0 bridgehead atoms. The van der Waals surface area contributed by atoms with Gasteiger partial charge >= 0.3 is 11.9 Å². The first-order valence-corrected chi connectivity index (χ1v) is 18.8. The molecule has 0 aliphatic heterocycles. The van der Waals surface area contributed by atoms with E-state index in [0.717, 1.165) is 27.8 Å². The topological polar surface area (TPSA) is 122 Å². The van der Waals surface area contributed by atoms with Gasteiger partial charge in [0.15, 0.2) is 0 Å². The van der Waals surface area contributed by atoms with Gasteiger partial charge in [0.2, 0.25) is 0 Å². The maximum Gasteiger partial charge on any atom is 0.332 e. The van der Waals surface area contributed by atoms with E-state index in [9.17, 15) is 14.7 Å². The van der Waals surface area contributed by atoms with Crippen molar-refractivity contribution in [1.82, 2.24) is 5.32 Å². The van der Waals surface area contributed by atoms with Gasteiger partial charge in [-0.05, 0) is 27.8 Å². The van der Waals surface area contributed by atoms with Crippen molar-refractivity contribution < 1.29 is 43.1 Å². The highest BCUT2D eigenvalue weighted by Crippen LogP contribution is 2.25. The molecular formula is C46H51NO9. The molecule has 0 spiro atoms. The number of benzene rings is 5. The number of aliphatic hydroxyl groups is 1. The minimum Gasteiger partial charge on any atom is -0.463 e. The predicted octanol–water partition coefficient (Wildman–Crippen LogP) is 6.59. The second-order valence-electron chi connectivity index (χ2n) is 13.2. The number of ether oxygens (including phenoxy) is 6. The number of carbonyl (C=O) groups is 2. The van der Waals surface area contributed by atoms with Gasteiger partial charge < -0.3 is 38.8 Å². The van der Waals surface area contributed by atoms with Crippen molar-refractivity contribution in [3.63, 3.8) is 0 Å². The van der Waals surface area contributed by atoms with Crippen LogP contribution in [0, 0.1) is 0 Å². The summed E-state index contributed by atoms with van der Waals surface area (Å²) in [6.45, 7) is 1.45. The second kappa shape index (κ2) is 23.7. The molecule has 10 nitrogen and oxygen atoms in total. The molecule has 5 aromatic rings. The van der Waals surface area contributed by atoms with Gasteiger partial charge in [-0.2, -0.15) is 0 Å². The van der Waals surface area contributed by atoms with E-state index in [0.29, 0.717) is 13.2 Å². The first-order chi connectivity index (χ1) is 27.5. The molecule has 0 amide bonds. The highest BCUT2D eigenvalue weighted by Gasteiger charge is 2.44. The average molecular weight is 762 g/mol. The van der Waals surface area contributed by atoms with Crippen LogP contribution in [0.2, 0.25) is 0 Å². The van der Waals surface area contributed by atoms with Gasteiger partial charge in [-0.15, -0.1) is 0 Å². The number of esters is 2. The molecule has 0 aliphatic rings. The van der Waals surface area contributed by atoms with Crippen molar-refractivity contribution in [2.75, 3.05) is 19.8 Å². The summed E-state index contributed by atoms with van der Waals surface area (Å²) >= 11 is 0. The highest BCUT2D eigenvalue weighted by molar-refractivity contribution is 5.70. The Bertz CT molecular complexity index is 1820. The molecule has 0 aliphatic carbocycles. The van der Waals surface area contributed by atoms with Gasteiger partial charge in [0.1, 0.15) is 37.6 Å². The summed E-state index contributed by atoms with van der Waals surface area (Å²) in [5.74, 6) is -1.38. The van der Waals surface area contributed by atoms with Crippen LogP contribution in [0.15, 0.2) is 152 Å². The molecule has 0 saturated carbocycles. The molecular weight excluding hydrogens is 711 g/mol. The largest absolute Gasteiger partial charge is 0.463 e. The monoisotopic (exact) mass is 761 g/mol. The maximum atomic E-state index is 13.3. The fourth-order valence-electron chi connectivity index (χ4n) is 6.12. The van der Waals surface area contributed by atoms with Crippen LogP contribution in [-0.2, 0) is 71.0 Å². The normalized spacial score (nSPS) is 13.9. The van der Waals surface area contributed by atoms with Gasteiger partial charge in [-0.25, -0.2) is 4.79 Å². The fraction of sp³-hybridized carbons (Fsp3) is 0.304. The lowest BCUT2D eigenvalue weighted by Crippen LogP contribution is -2.60. The predicted molar refractivity (Wildman–Crippen MR) is 212 cm³/mol. The number of hydrogen-bond donors (Lipinski definition) is 2. The van der Waals surface area contributed by atoms with Crippen molar-refractivity contribution in [3.05, 3.63) is 179 Å². The molecule has 0 aromatic heterocycles. The van der Waals surface area contributed by atoms with E-state index in [-0.39, 0.29) is 33.0 Å². The maximum absolute atomic E-state index is 13.3. The van der Waals surface area contributed by atoms with Crippen molar-refractivity contribution in [1.29, 1.82) is 0 Å². The Kier molecular flexibility index (Phi) is 17.7. The van der Waals surface area contributed by atoms with Crippen molar-refractivity contribution in [2.45, 2.75) is 70.4 Å². The van der Waals surface area contributed by atoms with Crippen LogP contribution >= 0.6 is 0 Å². The van der Waals surface area contributed by atoms with E-state index in [1.165, 1.54) is 6.92 Å². The Hall–Kier alpha value is -5.20. The summed E-state index contributed by atoms with van der Waals surface area (Å²) in [4.78, 5) is 25.6. The molecule has 0 fully saturated rings. The van der Waals surface area contributed by atoms with E-state index < -0.39 is 49.0 Å². The lowest BCUT2D eigenvalue weighted by Gasteiger charge is -2.40. The minimum absolute atomic E-state index is 0.0548. The molecule has 5 aromatic carbocycles. The third-order valence-corrected chi connectivity index (χ3v) is 8.97. The van der Waals surface area contributed by atoms with Crippen molar-refractivity contribution in [3.8, 4) is 0 Å². The van der Waals surface area contributed by atoms with E-state index in [4.69, 9.17) is 28.4 Å². The molecule has 0 radical (unpaired) electrons. The van der Waals surface area contributed by atoms with Gasteiger partial charge in [-0.3, -0.25) is 4.79 Å². The first-order valence-electron chi connectivity index (χ1n) is 18.8. The average Bonchev–Trinajstić information content (AvgIpc) is 3.24. The molecule has 2 N–H and O–H groups in total. The quantitative estimate of drug-likeness (QED) is 0.0667. The van der Waals surface area contributed by atoms with Crippen LogP contribution in [0.5, 0.6) is 0 Å². The van der Waals surface area contributed by atoms with Crippen molar-refractivity contribution in [2.24, 2.45) is 0 Å². The third-order valence-electron chi connectivity index (χ3n) is 8.97. The summed E-state index contributed by atoms with van der Waals surface area (Å²) in [7, 11) is 0. The van der Waals surface area contributed by atoms with E-state index in [1.54, 1.807) is 0 Å². The number of carbonyl (C=O) groups excluding carboxylic acids is 2. The molecule has 5 rings (SSSR count). The van der Waals surface area contributed by atoms with Gasteiger partial charge in [0.05, 0.1) is 39.1 Å². The molecule has 0 heterocycles. The van der Waals surface area contributed by atoms with Crippen LogP contribution in [-0.4, -0.2) is 67.3 Å². The Morgan fingerprint density at radius 3 is 1.43 bits per heavy atom. The molecule has 0 unspecified atom stereocenters. The van der Waals surface area contributed by atoms with Crippen LogP contribution in [0.1, 0.15) is 34.7 Å². The number of hydrogen-bond acceptors (Lipinski definition) is 10. The summed E-state index contributed by atoms with van der Waals surface area (Å²) in [5, 5.41) is 13.7. The standard InChI is InChI=1S/C46H51NO9/c1-35(49)52-34-41(53-30-38-21-11-4-12-22-38)44(47-27-36-17-7-2-8-18-36)46(56-43(50)28-48)45(55-32-40-25-15-6-16-26-40)42(54-31-39-23-13-5-14-24-39)33-51-29-37-19-9-3-10-20-37/h2-26,41-42,44-48H,27-34H2,1H3/t41-,42+,44+,45+,46+/m0/s1. The van der Waals surface area contributed by atoms with Crippen LogP contribution < -0.4 is 5.32 Å². The minimum atomic E-state index is -1.17. The van der Waals surface area contributed by atoms with Gasteiger partial charge in [0.25, 0.3) is 0 Å². The Morgan fingerprint density at radius 1 is 0.536 bits per heavy atom. The van der Waals surface area contributed by atoms with Gasteiger partial charge in [-0.1, -0.05) is 152 Å². The smallest absolute Gasteiger partial charge is 0.332 e. The lowest BCUT2D eigenvalue weighted by atomic mass is 9.95. The number of nitrogens with one attached hydrogen (secondary N) is 1. The molecule has 294 valence electrons. The molecule has 10 heteroatoms. The van der Waals surface area contributed by atoms with E-state index in [2.05, 4.69) is 5.32 Å². The van der Waals surface area contributed by atoms with Crippen molar-refractivity contribution >= 4 is 11.9 Å². The molecule has 0 saturated heterocycles. The Labute approximate surface area is 329 Å². The fourth-order valence-corrected chi connectivity index (χ4v) is 6.12. The van der Waals surface area contributed by atoms with Crippen LogP contribution in [0.25, 0.3) is 0 Å². The number of rotatable bonds is 24. The van der Waals surface area contributed by atoms with Crippen LogP contribution in [0.3, 0.4) is 0 Å². The summed E-state index contributed by atoms with van der Waals surface area (Å²) in [6.07, 6.45) is -3.86. The van der Waals surface area contributed by atoms with Crippen LogP contribution in [0.4, 0.5) is 0 Å². The zero-order chi connectivity index (χ0) is 39.2. The summed E-state index contributed by atoms with van der Waals surface area (Å²) in [5.41, 5.74) is 4.61. The zero-order valence-electron chi connectivity index (χ0n) is 31.7. The Balaban J connectivity index is 1.57. The van der Waals surface area contributed by atoms with Gasteiger partial charge in [0, 0.05) is 13.5 Å². The highest BCUT2D eigenvalue weighted by atomic mass is 16.6. The lowest BCUT2D eigenvalue weighted by molar-refractivity contribution is -0.195.